The number of methoxy groups -OCH3 is 1. The highest BCUT2D eigenvalue weighted by Crippen LogP contribution is 2.33. The van der Waals surface area contributed by atoms with Gasteiger partial charge in [-0.2, -0.15) is 8.78 Å². The van der Waals surface area contributed by atoms with E-state index in [4.69, 9.17) is 4.74 Å². The molecular formula is C18H16F2O3S. The molecule has 2 rings (SSSR count). The number of allylic oxidation sites excluding steroid dienone is 1. The van der Waals surface area contributed by atoms with Crippen molar-refractivity contribution in [1.29, 1.82) is 0 Å². The molecule has 0 saturated carbocycles. The SMILES string of the molecule is COc1cccc(/C=C/C(=O)c2ccc(SC)cc2)c1OC(F)F. The number of rotatable bonds is 7. The van der Waals surface area contributed by atoms with Crippen LogP contribution in [0.2, 0.25) is 0 Å². The van der Waals surface area contributed by atoms with Crippen molar-refractivity contribution in [2.24, 2.45) is 0 Å². The summed E-state index contributed by atoms with van der Waals surface area (Å²) < 4.78 is 34.7. The Balaban J connectivity index is 2.25. The van der Waals surface area contributed by atoms with E-state index in [2.05, 4.69) is 4.74 Å². The molecule has 0 radical (unpaired) electrons. The number of hydrogen-bond donors (Lipinski definition) is 0. The predicted octanol–water partition coefficient (Wildman–Crippen LogP) is 4.91. The fraction of sp³-hybridized carbons (Fsp3) is 0.167. The van der Waals surface area contributed by atoms with Crippen molar-refractivity contribution in [3.8, 4) is 11.5 Å². The average molecular weight is 350 g/mol. The second-order valence-electron chi connectivity index (χ2n) is 4.68. The van der Waals surface area contributed by atoms with Gasteiger partial charge in [0.1, 0.15) is 0 Å². The first-order valence-electron chi connectivity index (χ1n) is 7.03. The molecule has 0 aliphatic heterocycles. The highest BCUT2D eigenvalue weighted by molar-refractivity contribution is 7.98. The van der Waals surface area contributed by atoms with Crippen LogP contribution in [0.1, 0.15) is 15.9 Å². The first-order valence-corrected chi connectivity index (χ1v) is 8.26. The minimum Gasteiger partial charge on any atom is -0.493 e. The Kier molecular flexibility index (Phi) is 6.37. The molecule has 0 aliphatic carbocycles. The molecule has 0 aromatic heterocycles. The normalized spacial score (nSPS) is 11.0. The molecule has 0 N–H and O–H groups in total. The number of ketones is 1. The number of thioether (sulfide) groups is 1. The summed E-state index contributed by atoms with van der Waals surface area (Å²) in [6.07, 6.45) is 4.70. The van der Waals surface area contributed by atoms with Crippen molar-refractivity contribution in [3.63, 3.8) is 0 Å². The molecule has 3 nitrogen and oxygen atoms in total. The van der Waals surface area contributed by atoms with Crippen LogP contribution in [0.5, 0.6) is 11.5 Å². The number of alkyl halides is 2. The average Bonchev–Trinajstić information content (AvgIpc) is 2.60. The van der Waals surface area contributed by atoms with E-state index in [1.807, 2.05) is 18.4 Å². The molecule has 0 fully saturated rings. The van der Waals surface area contributed by atoms with Crippen LogP contribution in [0.25, 0.3) is 6.08 Å². The molecule has 0 bridgehead atoms. The molecule has 126 valence electrons. The molecule has 0 atom stereocenters. The van der Waals surface area contributed by atoms with Gasteiger partial charge in [0.15, 0.2) is 17.3 Å². The van der Waals surface area contributed by atoms with E-state index >= 15 is 0 Å². The van der Waals surface area contributed by atoms with Gasteiger partial charge >= 0.3 is 6.61 Å². The van der Waals surface area contributed by atoms with Crippen LogP contribution < -0.4 is 9.47 Å². The molecule has 2 aromatic rings. The number of carbonyl (C=O) groups is 1. The number of hydrogen-bond acceptors (Lipinski definition) is 4. The number of halogens is 2. The number of carbonyl (C=O) groups excluding carboxylic acids is 1. The summed E-state index contributed by atoms with van der Waals surface area (Å²) >= 11 is 1.58. The maximum atomic E-state index is 12.6. The quantitative estimate of drug-likeness (QED) is 0.404. The Morgan fingerprint density at radius 1 is 1.17 bits per heavy atom. The van der Waals surface area contributed by atoms with Crippen LogP contribution in [0.4, 0.5) is 8.78 Å². The molecule has 0 saturated heterocycles. The van der Waals surface area contributed by atoms with E-state index in [-0.39, 0.29) is 17.3 Å². The number of benzene rings is 2. The highest BCUT2D eigenvalue weighted by atomic mass is 32.2. The minimum absolute atomic E-state index is 0.100. The van der Waals surface area contributed by atoms with Crippen LogP contribution in [0.15, 0.2) is 53.4 Å². The molecule has 0 spiro atoms. The van der Waals surface area contributed by atoms with E-state index < -0.39 is 6.61 Å². The van der Waals surface area contributed by atoms with Crippen molar-refractivity contribution in [1.82, 2.24) is 0 Å². The van der Waals surface area contributed by atoms with Crippen molar-refractivity contribution < 1.29 is 23.0 Å². The Hall–Kier alpha value is -2.34. The topological polar surface area (TPSA) is 35.5 Å². The van der Waals surface area contributed by atoms with Crippen LogP contribution in [-0.2, 0) is 0 Å². The molecule has 24 heavy (non-hydrogen) atoms. The van der Waals surface area contributed by atoms with Gasteiger partial charge in [-0.05, 0) is 48.7 Å². The van der Waals surface area contributed by atoms with Gasteiger partial charge in [-0.3, -0.25) is 4.79 Å². The van der Waals surface area contributed by atoms with Crippen LogP contribution >= 0.6 is 11.8 Å². The second-order valence-corrected chi connectivity index (χ2v) is 5.56. The van der Waals surface area contributed by atoms with Gasteiger partial charge < -0.3 is 9.47 Å². The highest BCUT2D eigenvalue weighted by Gasteiger charge is 2.14. The number of para-hydroxylation sites is 1. The Morgan fingerprint density at radius 2 is 1.88 bits per heavy atom. The van der Waals surface area contributed by atoms with Crippen molar-refractivity contribution in [2.45, 2.75) is 11.5 Å². The van der Waals surface area contributed by atoms with Crippen LogP contribution in [-0.4, -0.2) is 25.8 Å². The smallest absolute Gasteiger partial charge is 0.387 e. The summed E-state index contributed by atoms with van der Waals surface area (Å²) in [7, 11) is 1.36. The van der Waals surface area contributed by atoms with E-state index in [1.54, 1.807) is 36.0 Å². The molecule has 0 unspecified atom stereocenters. The largest absolute Gasteiger partial charge is 0.493 e. The van der Waals surface area contributed by atoms with E-state index in [1.165, 1.54) is 25.3 Å². The first kappa shape index (κ1) is 18.0. The molecule has 2 aromatic carbocycles. The first-order chi connectivity index (χ1) is 11.5. The lowest BCUT2D eigenvalue weighted by atomic mass is 10.1. The molecule has 6 heteroatoms. The fourth-order valence-electron chi connectivity index (χ4n) is 2.06. The summed E-state index contributed by atoms with van der Waals surface area (Å²) in [4.78, 5) is 13.2. The maximum Gasteiger partial charge on any atom is 0.387 e. The van der Waals surface area contributed by atoms with Gasteiger partial charge in [0.05, 0.1) is 7.11 Å². The van der Waals surface area contributed by atoms with E-state index in [9.17, 15) is 13.6 Å². The minimum atomic E-state index is -2.98. The third-order valence-corrected chi connectivity index (χ3v) is 3.97. The summed E-state index contributed by atoms with van der Waals surface area (Å²) in [6.45, 7) is -2.98. The zero-order chi connectivity index (χ0) is 17.5. The summed E-state index contributed by atoms with van der Waals surface area (Å²) in [6, 6.07) is 11.9. The van der Waals surface area contributed by atoms with Crippen molar-refractivity contribution in [2.75, 3.05) is 13.4 Å². The van der Waals surface area contributed by atoms with Gasteiger partial charge in [-0.1, -0.05) is 12.1 Å². The number of ether oxygens (including phenoxy) is 2. The van der Waals surface area contributed by atoms with E-state index in [0.717, 1.165) is 4.90 Å². The summed E-state index contributed by atoms with van der Waals surface area (Å²) in [5, 5.41) is 0. The monoisotopic (exact) mass is 350 g/mol. The summed E-state index contributed by atoms with van der Waals surface area (Å²) in [5.41, 5.74) is 0.854. The van der Waals surface area contributed by atoms with Crippen LogP contribution in [0.3, 0.4) is 0 Å². The van der Waals surface area contributed by atoms with Gasteiger partial charge in [-0.15, -0.1) is 11.8 Å². The maximum absolute atomic E-state index is 12.6. The third kappa shape index (κ3) is 4.58. The van der Waals surface area contributed by atoms with Crippen molar-refractivity contribution >= 4 is 23.6 Å². The predicted molar refractivity (Wildman–Crippen MR) is 91.2 cm³/mol. The van der Waals surface area contributed by atoms with Gasteiger partial charge in [0, 0.05) is 16.0 Å². The molecular weight excluding hydrogens is 334 g/mol. The van der Waals surface area contributed by atoms with Gasteiger partial charge in [0.25, 0.3) is 0 Å². The third-order valence-electron chi connectivity index (χ3n) is 3.23. The standard InChI is InChI=1S/C18H16F2O3S/c1-22-16-5-3-4-13(17(16)23-18(19)20)8-11-15(21)12-6-9-14(24-2)10-7-12/h3-11,18H,1-2H3/b11-8+. The lowest BCUT2D eigenvalue weighted by molar-refractivity contribution is -0.0513. The zero-order valence-corrected chi connectivity index (χ0v) is 14.0. The molecule has 0 aliphatic rings. The Labute approximate surface area is 143 Å². The molecule has 0 heterocycles. The summed E-state index contributed by atoms with van der Waals surface area (Å²) in [5.74, 6) is -0.153. The van der Waals surface area contributed by atoms with Gasteiger partial charge in [-0.25, -0.2) is 0 Å². The van der Waals surface area contributed by atoms with Crippen molar-refractivity contribution in [3.05, 3.63) is 59.7 Å². The Bertz CT molecular complexity index is 728. The lowest BCUT2D eigenvalue weighted by Crippen LogP contribution is -2.05. The fourth-order valence-corrected chi connectivity index (χ4v) is 2.47. The van der Waals surface area contributed by atoms with Crippen LogP contribution in [0, 0.1) is 0 Å². The molecule has 0 amide bonds. The second kappa shape index (κ2) is 8.49. The lowest BCUT2D eigenvalue weighted by Gasteiger charge is -2.12. The van der Waals surface area contributed by atoms with Gasteiger partial charge in [0.2, 0.25) is 0 Å². The van der Waals surface area contributed by atoms with E-state index in [0.29, 0.717) is 11.1 Å². The Morgan fingerprint density at radius 3 is 2.46 bits per heavy atom. The zero-order valence-electron chi connectivity index (χ0n) is 13.2.